The molecule has 1 aliphatic rings. The molecule has 1 heterocycles. The Hall–Kier alpha value is -2.44. The molecule has 0 spiro atoms. The minimum Gasteiger partial charge on any atom is -0.493 e. The van der Waals surface area contributed by atoms with Gasteiger partial charge in [-0.25, -0.2) is 0 Å². The third-order valence-corrected chi connectivity index (χ3v) is 2.06. The van der Waals surface area contributed by atoms with E-state index in [-0.39, 0.29) is 12.8 Å². The lowest BCUT2D eigenvalue weighted by atomic mass is 10.2. The van der Waals surface area contributed by atoms with Crippen LogP contribution in [0.15, 0.2) is 22.3 Å². The van der Waals surface area contributed by atoms with Crippen molar-refractivity contribution < 1.29 is 14.2 Å². The van der Waals surface area contributed by atoms with Crippen LogP contribution in [-0.2, 0) is 0 Å². The van der Waals surface area contributed by atoms with Crippen LogP contribution in [0, 0.1) is 0 Å². The average molecular weight is 236 g/mol. The number of methoxy groups -OCH3 is 1. The number of benzene rings is 1. The van der Waals surface area contributed by atoms with Gasteiger partial charge in [-0.3, -0.25) is 0 Å². The van der Waals surface area contributed by atoms with Crippen molar-refractivity contribution in [1.82, 2.24) is 0 Å². The Morgan fingerprint density at radius 1 is 1.41 bits per heavy atom. The van der Waals surface area contributed by atoms with Crippen LogP contribution in [0.1, 0.15) is 5.56 Å². The third kappa shape index (κ3) is 2.39. The molecule has 0 atom stereocenters. The summed E-state index contributed by atoms with van der Waals surface area (Å²) in [5, 5.41) is 7.20. The number of hydrogen-bond acceptors (Lipinski definition) is 5. The summed E-state index contributed by atoms with van der Waals surface area (Å²) < 4.78 is 15.7. The molecule has 0 aromatic heterocycles. The highest BCUT2D eigenvalue weighted by molar-refractivity contribution is 5.83. The number of ether oxygens (including phenoxy) is 3. The summed E-state index contributed by atoms with van der Waals surface area (Å²) in [6, 6.07) is 3.51. The lowest BCUT2D eigenvalue weighted by molar-refractivity contribution is 0.171. The highest BCUT2D eigenvalue weighted by Gasteiger charge is 2.19. The van der Waals surface area contributed by atoms with Gasteiger partial charge in [-0.15, -0.1) is 5.10 Å². The van der Waals surface area contributed by atoms with Crippen LogP contribution in [0.25, 0.3) is 0 Å². The van der Waals surface area contributed by atoms with E-state index in [1.165, 1.54) is 6.21 Å². The van der Waals surface area contributed by atoms with Crippen molar-refractivity contribution in [2.45, 2.75) is 0 Å². The molecule has 0 bridgehead atoms. The molecule has 2 rings (SSSR count). The highest BCUT2D eigenvalue weighted by atomic mass is 16.7. The van der Waals surface area contributed by atoms with Crippen molar-refractivity contribution >= 4 is 12.2 Å². The van der Waals surface area contributed by atoms with Crippen molar-refractivity contribution in [3.8, 4) is 17.2 Å². The van der Waals surface area contributed by atoms with E-state index in [9.17, 15) is 0 Å². The molecule has 4 N–H and O–H groups in total. The summed E-state index contributed by atoms with van der Waals surface area (Å²) in [6.07, 6.45) is 1.49. The topological polar surface area (TPSA) is 104 Å². The molecule has 0 unspecified atom stereocenters. The SMILES string of the molecule is COc1cc(C=NN=C(N)N)cc2c1OCO2. The Balaban J connectivity index is 2.30. The van der Waals surface area contributed by atoms with Gasteiger partial charge in [0.2, 0.25) is 18.5 Å². The van der Waals surface area contributed by atoms with Crippen molar-refractivity contribution in [3.63, 3.8) is 0 Å². The van der Waals surface area contributed by atoms with Crippen LogP contribution in [0.2, 0.25) is 0 Å². The van der Waals surface area contributed by atoms with Gasteiger partial charge < -0.3 is 25.7 Å². The second kappa shape index (κ2) is 4.60. The van der Waals surface area contributed by atoms with Crippen LogP contribution in [0.4, 0.5) is 0 Å². The molecule has 90 valence electrons. The van der Waals surface area contributed by atoms with Crippen LogP contribution in [0.3, 0.4) is 0 Å². The first-order chi connectivity index (χ1) is 8.20. The van der Waals surface area contributed by atoms with Gasteiger partial charge >= 0.3 is 0 Å². The largest absolute Gasteiger partial charge is 0.493 e. The molecule has 1 aliphatic heterocycles. The first-order valence-corrected chi connectivity index (χ1v) is 4.80. The Kier molecular flexibility index (Phi) is 2.99. The fourth-order valence-electron chi connectivity index (χ4n) is 1.39. The van der Waals surface area contributed by atoms with E-state index >= 15 is 0 Å². The van der Waals surface area contributed by atoms with Gasteiger partial charge in [0, 0.05) is 5.56 Å². The molecule has 0 saturated carbocycles. The fraction of sp³-hybridized carbons (Fsp3) is 0.200. The Morgan fingerprint density at radius 2 is 2.24 bits per heavy atom. The number of nitrogens with zero attached hydrogens (tertiary/aromatic N) is 2. The van der Waals surface area contributed by atoms with Gasteiger partial charge in [-0.2, -0.15) is 5.10 Å². The van der Waals surface area contributed by atoms with Gasteiger partial charge in [0.05, 0.1) is 13.3 Å². The van der Waals surface area contributed by atoms with E-state index in [1.807, 2.05) is 0 Å². The molecular formula is C10H12N4O3. The zero-order valence-corrected chi connectivity index (χ0v) is 9.21. The summed E-state index contributed by atoms with van der Waals surface area (Å²) in [4.78, 5) is 0. The van der Waals surface area contributed by atoms with E-state index in [4.69, 9.17) is 25.7 Å². The molecule has 7 nitrogen and oxygen atoms in total. The number of fused-ring (bicyclic) bond motifs is 1. The molecule has 17 heavy (non-hydrogen) atoms. The predicted octanol–water partition coefficient (Wildman–Crippen LogP) is 0.0312. The standard InChI is InChI=1S/C10H12N4O3/c1-15-7-2-6(4-13-14-10(11)12)3-8-9(7)17-5-16-8/h2-4H,5H2,1H3,(H4,11,12,14). The number of nitrogens with two attached hydrogens (primary N) is 2. The van der Waals surface area contributed by atoms with E-state index in [0.29, 0.717) is 17.2 Å². The monoisotopic (exact) mass is 236 g/mol. The van der Waals surface area contributed by atoms with Crippen molar-refractivity contribution in [2.75, 3.05) is 13.9 Å². The number of hydrogen-bond donors (Lipinski definition) is 2. The Bertz CT molecular complexity index is 481. The zero-order chi connectivity index (χ0) is 12.3. The molecular weight excluding hydrogens is 224 g/mol. The second-order valence-corrected chi connectivity index (χ2v) is 3.23. The van der Waals surface area contributed by atoms with Crippen molar-refractivity contribution in [1.29, 1.82) is 0 Å². The van der Waals surface area contributed by atoms with Gasteiger partial charge in [0.1, 0.15) is 0 Å². The summed E-state index contributed by atoms with van der Waals surface area (Å²) >= 11 is 0. The first kappa shape index (κ1) is 11.1. The lowest BCUT2D eigenvalue weighted by Gasteiger charge is -2.05. The van der Waals surface area contributed by atoms with E-state index in [1.54, 1.807) is 19.2 Å². The van der Waals surface area contributed by atoms with Crippen LogP contribution in [-0.4, -0.2) is 26.1 Å². The first-order valence-electron chi connectivity index (χ1n) is 4.80. The summed E-state index contributed by atoms with van der Waals surface area (Å²) in [5.41, 5.74) is 11.0. The third-order valence-electron chi connectivity index (χ3n) is 2.06. The second-order valence-electron chi connectivity index (χ2n) is 3.23. The lowest BCUT2D eigenvalue weighted by Crippen LogP contribution is -2.21. The molecule has 1 aromatic rings. The molecule has 0 amide bonds. The van der Waals surface area contributed by atoms with Gasteiger partial charge in [0.25, 0.3) is 0 Å². The van der Waals surface area contributed by atoms with E-state index in [2.05, 4.69) is 10.2 Å². The average Bonchev–Trinajstić information content (AvgIpc) is 2.75. The predicted molar refractivity (Wildman–Crippen MR) is 62.5 cm³/mol. The summed E-state index contributed by atoms with van der Waals surface area (Å²) in [5.74, 6) is 1.67. The molecule has 1 aromatic carbocycles. The van der Waals surface area contributed by atoms with Crippen molar-refractivity contribution in [2.24, 2.45) is 21.7 Å². The maximum atomic E-state index is 5.26. The quantitative estimate of drug-likeness (QED) is 0.437. The number of guanidine groups is 1. The summed E-state index contributed by atoms with van der Waals surface area (Å²) in [7, 11) is 1.55. The van der Waals surface area contributed by atoms with Gasteiger partial charge in [0.15, 0.2) is 11.5 Å². The normalized spacial score (nSPS) is 12.8. The van der Waals surface area contributed by atoms with E-state index in [0.717, 1.165) is 5.56 Å². The smallest absolute Gasteiger partial charge is 0.231 e. The molecule has 0 radical (unpaired) electrons. The fourth-order valence-corrected chi connectivity index (χ4v) is 1.39. The van der Waals surface area contributed by atoms with Crippen LogP contribution >= 0.6 is 0 Å². The molecule has 0 fully saturated rings. The molecule has 0 aliphatic carbocycles. The van der Waals surface area contributed by atoms with Crippen LogP contribution < -0.4 is 25.7 Å². The van der Waals surface area contributed by atoms with Crippen LogP contribution in [0.5, 0.6) is 17.2 Å². The minimum atomic E-state index is -0.103. The summed E-state index contributed by atoms with van der Waals surface area (Å²) in [6.45, 7) is 0.181. The molecule has 0 saturated heterocycles. The zero-order valence-electron chi connectivity index (χ0n) is 9.21. The van der Waals surface area contributed by atoms with Gasteiger partial charge in [-0.1, -0.05) is 0 Å². The van der Waals surface area contributed by atoms with Gasteiger partial charge in [-0.05, 0) is 12.1 Å². The Labute approximate surface area is 97.7 Å². The van der Waals surface area contributed by atoms with E-state index < -0.39 is 0 Å². The molecule has 7 heteroatoms. The maximum Gasteiger partial charge on any atom is 0.231 e. The Morgan fingerprint density at radius 3 is 2.94 bits per heavy atom. The highest BCUT2D eigenvalue weighted by Crippen LogP contribution is 2.41. The minimum absolute atomic E-state index is 0.103. The van der Waals surface area contributed by atoms with Crippen molar-refractivity contribution in [3.05, 3.63) is 17.7 Å². The number of rotatable bonds is 3. The maximum absolute atomic E-state index is 5.26.